The Hall–Kier alpha value is -2.71. The molecule has 1 amide bonds. The van der Waals surface area contributed by atoms with Gasteiger partial charge in [-0.2, -0.15) is 4.31 Å². The lowest BCUT2D eigenvalue weighted by atomic mass is 9.98. The average Bonchev–Trinajstić information content (AvgIpc) is 3.07. The molecule has 0 fully saturated rings. The van der Waals surface area contributed by atoms with Crippen LogP contribution < -0.4 is 5.32 Å². The number of pyridine rings is 1. The molecular weight excluding hydrogens is 352 g/mol. The van der Waals surface area contributed by atoms with E-state index >= 15 is 0 Å². The molecule has 0 radical (unpaired) electrons. The topological polar surface area (TPSA) is 95.2 Å². The first-order valence-electron chi connectivity index (χ1n) is 8.21. The van der Waals surface area contributed by atoms with Crippen LogP contribution >= 0.6 is 0 Å². The maximum atomic E-state index is 12.7. The van der Waals surface area contributed by atoms with Gasteiger partial charge in [-0.05, 0) is 41.8 Å². The summed E-state index contributed by atoms with van der Waals surface area (Å²) in [6.07, 6.45) is 6.71. The molecule has 1 aliphatic rings. The molecule has 0 saturated heterocycles. The van der Waals surface area contributed by atoms with Gasteiger partial charge in [0.1, 0.15) is 0 Å². The van der Waals surface area contributed by atoms with Crippen molar-refractivity contribution in [1.29, 1.82) is 0 Å². The van der Waals surface area contributed by atoms with Gasteiger partial charge in [0.05, 0.1) is 11.8 Å². The first kappa shape index (κ1) is 16.7. The Kier molecular flexibility index (Phi) is 4.01. The molecule has 0 aliphatic carbocycles. The van der Waals surface area contributed by atoms with Gasteiger partial charge < -0.3 is 10.3 Å². The van der Waals surface area contributed by atoms with Crippen molar-refractivity contribution in [3.8, 4) is 0 Å². The molecule has 7 nitrogen and oxygen atoms in total. The van der Waals surface area contributed by atoms with Crippen molar-refractivity contribution in [2.75, 3.05) is 18.1 Å². The van der Waals surface area contributed by atoms with Crippen molar-refractivity contribution < 1.29 is 13.2 Å². The van der Waals surface area contributed by atoms with Gasteiger partial charge in [0.2, 0.25) is 10.0 Å². The van der Waals surface area contributed by atoms with E-state index in [-0.39, 0.29) is 12.5 Å². The number of benzene rings is 1. The highest BCUT2D eigenvalue weighted by Crippen LogP contribution is 2.24. The van der Waals surface area contributed by atoms with Gasteiger partial charge in [-0.3, -0.25) is 9.78 Å². The van der Waals surface area contributed by atoms with Crippen molar-refractivity contribution in [3.63, 3.8) is 0 Å². The predicted molar refractivity (Wildman–Crippen MR) is 99.4 cm³/mol. The zero-order chi connectivity index (χ0) is 18.3. The summed E-state index contributed by atoms with van der Waals surface area (Å²) >= 11 is 0. The van der Waals surface area contributed by atoms with Crippen molar-refractivity contribution in [1.82, 2.24) is 14.3 Å². The Morgan fingerprint density at radius 3 is 2.92 bits per heavy atom. The fourth-order valence-corrected chi connectivity index (χ4v) is 4.07. The van der Waals surface area contributed by atoms with Crippen LogP contribution in [0.25, 0.3) is 10.9 Å². The maximum absolute atomic E-state index is 12.7. The normalized spacial score (nSPS) is 15.0. The molecule has 3 heterocycles. The first-order valence-corrected chi connectivity index (χ1v) is 10.1. The van der Waals surface area contributed by atoms with E-state index in [2.05, 4.69) is 15.3 Å². The number of amides is 1. The molecule has 0 spiro atoms. The molecular formula is C18H18N4O3S. The largest absolute Gasteiger partial charge is 0.361 e. The molecule has 134 valence electrons. The third-order valence-corrected chi connectivity index (χ3v) is 5.88. The van der Waals surface area contributed by atoms with Crippen LogP contribution in [-0.2, 0) is 23.0 Å². The van der Waals surface area contributed by atoms with Gasteiger partial charge in [0.25, 0.3) is 5.91 Å². The summed E-state index contributed by atoms with van der Waals surface area (Å²) in [5, 5.41) is 3.92. The minimum atomic E-state index is -3.26. The summed E-state index contributed by atoms with van der Waals surface area (Å²) in [4.78, 5) is 20.0. The van der Waals surface area contributed by atoms with Crippen molar-refractivity contribution in [2.45, 2.75) is 13.0 Å². The van der Waals surface area contributed by atoms with E-state index in [0.717, 1.165) is 22.0 Å². The van der Waals surface area contributed by atoms with E-state index < -0.39 is 10.0 Å². The molecule has 0 unspecified atom stereocenters. The second-order valence-electron chi connectivity index (χ2n) is 6.41. The second kappa shape index (κ2) is 6.22. The monoisotopic (exact) mass is 370 g/mol. The van der Waals surface area contributed by atoms with E-state index in [9.17, 15) is 13.2 Å². The number of rotatable bonds is 3. The highest BCUT2D eigenvalue weighted by atomic mass is 32.2. The molecule has 2 aromatic heterocycles. The van der Waals surface area contributed by atoms with Crippen molar-refractivity contribution >= 4 is 32.5 Å². The zero-order valence-corrected chi connectivity index (χ0v) is 15.0. The van der Waals surface area contributed by atoms with Crippen LogP contribution in [0.3, 0.4) is 0 Å². The molecule has 26 heavy (non-hydrogen) atoms. The Morgan fingerprint density at radius 1 is 1.27 bits per heavy atom. The van der Waals surface area contributed by atoms with Gasteiger partial charge in [-0.15, -0.1) is 0 Å². The summed E-state index contributed by atoms with van der Waals surface area (Å²) in [6, 6.07) is 7.59. The smallest absolute Gasteiger partial charge is 0.257 e. The standard InChI is InChI=1S/C18H18N4O3S/c1-26(24,25)22-7-5-15-13(11-22)9-19-10-16(15)18(23)21-14-2-3-17-12(8-14)4-6-20-17/h2-4,6,8-10,20H,5,7,11H2,1H3,(H,21,23). The lowest BCUT2D eigenvalue weighted by molar-refractivity contribution is 0.102. The lowest BCUT2D eigenvalue weighted by Crippen LogP contribution is -2.36. The summed E-state index contributed by atoms with van der Waals surface area (Å²) in [6.45, 7) is 0.614. The van der Waals surface area contributed by atoms with Gasteiger partial charge >= 0.3 is 0 Å². The molecule has 2 N–H and O–H groups in total. The van der Waals surface area contributed by atoms with E-state index in [1.807, 2.05) is 30.5 Å². The molecule has 1 aromatic carbocycles. The fraction of sp³-hybridized carbons (Fsp3) is 0.222. The summed E-state index contributed by atoms with van der Waals surface area (Å²) in [7, 11) is -3.26. The lowest BCUT2D eigenvalue weighted by Gasteiger charge is -2.27. The van der Waals surface area contributed by atoms with Gasteiger partial charge in [0, 0.05) is 48.3 Å². The SMILES string of the molecule is CS(=O)(=O)N1CCc2c(cncc2C(=O)Nc2ccc3[nH]ccc3c2)C1. The first-order chi connectivity index (χ1) is 12.4. The highest BCUT2D eigenvalue weighted by molar-refractivity contribution is 7.88. The van der Waals surface area contributed by atoms with E-state index in [4.69, 9.17) is 0 Å². The van der Waals surface area contributed by atoms with Gasteiger partial charge in [0.15, 0.2) is 0 Å². The number of nitrogens with zero attached hydrogens (tertiary/aromatic N) is 2. The third kappa shape index (κ3) is 3.09. The number of hydrogen-bond acceptors (Lipinski definition) is 4. The zero-order valence-electron chi connectivity index (χ0n) is 14.2. The number of aromatic amines is 1. The molecule has 0 bridgehead atoms. The summed E-state index contributed by atoms with van der Waals surface area (Å²) < 4.78 is 24.9. The molecule has 3 aromatic rings. The van der Waals surface area contributed by atoms with Crippen molar-refractivity contribution in [3.05, 3.63) is 59.5 Å². The van der Waals surface area contributed by atoms with Crippen LogP contribution in [0.2, 0.25) is 0 Å². The molecule has 1 aliphatic heterocycles. The second-order valence-corrected chi connectivity index (χ2v) is 8.39. The minimum Gasteiger partial charge on any atom is -0.361 e. The fourth-order valence-electron chi connectivity index (χ4n) is 3.28. The quantitative estimate of drug-likeness (QED) is 0.738. The van der Waals surface area contributed by atoms with Crippen LogP contribution in [0.1, 0.15) is 21.5 Å². The molecule has 0 atom stereocenters. The molecule has 0 saturated carbocycles. The van der Waals surface area contributed by atoms with Gasteiger partial charge in [-0.1, -0.05) is 0 Å². The number of aromatic nitrogens is 2. The number of anilines is 1. The van der Waals surface area contributed by atoms with Crippen molar-refractivity contribution in [2.24, 2.45) is 0 Å². The Bertz CT molecular complexity index is 1100. The Labute approximate surface area is 151 Å². The number of H-pyrrole nitrogens is 1. The van der Waals surface area contributed by atoms with Crippen LogP contribution in [0, 0.1) is 0 Å². The predicted octanol–water partition coefficient (Wildman–Crippen LogP) is 2.13. The van der Waals surface area contributed by atoms with E-state index in [1.54, 1.807) is 12.4 Å². The Morgan fingerprint density at radius 2 is 2.12 bits per heavy atom. The number of nitrogens with one attached hydrogen (secondary N) is 2. The maximum Gasteiger partial charge on any atom is 0.257 e. The average molecular weight is 370 g/mol. The number of fused-ring (bicyclic) bond motifs is 2. The van der Waals surface area contributed by atoms with E-state index in [0.29, 0.717) is 24.2 Å². The number of sulfonamides is 1. The van der Waals surface area contributed by atoms with Crippen LogP contribution in [0.5, 0.6) is 0 Å². The van der Waals surface area contributed by atoms with Crippen LogP contribution in [0.4, 0.5) is 5.69 Å². The van der Waals surface area contributed by atoms with E-state index in [1.165, 1.54) is 10.6 Å². The number of carbonyl (C=O) groups is 1. The van der Waals surface area contributed by atoms with Gasteiger partial charge in [-0.25, -0.2) is 8.42 Å². The van der Waals surface area contributed by atoms with Crippen LogP contribution in [-0.4, -0.2) is 41.4 Å². The summed E-state index contributed by atoms with van der Waals surface area (Å²) in [5.74, 6) is -0.239. The summed E-state index contributed by atoms with van der Waals surface area (Å²) in [5.41, 5.74) is 3.83. The third-order valence-electron chi connectivity index (χ3n) is 4.63. The minimum absolute atomic E-state index is 0.239. The highest BCUT2D eigenvalue weighted by Gasteiger charge is 2.26. The Balaban J connectivity index is 1.61. The van der Waals surface area contributed by atoms with Crippen LogP contribution in [0.15, 0.2) is 42.9 Å². The number of carbonyl (C=O) groups excluding carboxylic acids is 1. The molecule has 4 rings (SSSR count). The molecule has 8 heteroatoms. The number of hydrogen-bond donors (Lipinski definition) is 2.